The van der Waals surface area contributed by atoms with E-state index in [-0.39, 0.29) is 0 Å². The molecule has 2 aromatic rings. The van der Waals surface area contributed by atoms with Crippen molar-refractivity contribution in [1.29, 1.82) is 0 Å². The fourth-order valence-electron chi connectivity index (χ4n) is 1.95. The Morgan fingerprint density at radius 2 is 2.22 bits per heavy atom. The summed E-state index contributed by atoms with van der Waals surface area (Å²) in [5, 5.41) is 9.96. The lowest BCUT2D eigenvalue weighted by atomic mass is 10.1. The van der Waals surface area contributed by atoms with Crippen molar-refractivity contribution >= 4 is 22.8 Å². The Morgan fingerprint density at radius 3 is 2.72 bits per heavy atom. The van der Waals surface area contributed by atoms with Crippen molar-refractivity contribution in [3.05, 3.63) is 27.6 Å². The van der Waals surface area contributed by atoms with Crippen LogP contribution in [0.3, 0.4) is 0 Å². The van der Waals surface area contributed by atoms with Crippen LogP contribution < -0.4 is 11.1 Å². The van der Waals surface area contributed by atoms with Crippen LogP contribution in [0.1, 0.15) is 35.9 Å². The van der Waals surface area contributed by atoms with Crippen LogP contribution in [-0.4, -0.2) is 9.78 Å². The van der Waals surface area contributed by atoms with Crippen LogP contribution in [0.5, 0.6) is 0 Å². The van der Waals surface area contributed by atoms with E-state index in [4.69, 9.17) is 5.73 Å². The first-order chi connectivity index (χ1) is 8.50. The summed E-state index contributed by atoms with van der Waals surface area (Å²) in [5.41, 5.74) is 9.18. The van der Waals surface area contributed by atoms with Crippen molar-refractivity contribution in [2.45, 2.75) is 33.2 Å². The van der Waals surface area contributed by atoms with E-state index < -0.39 is 0 Å². The van der Waals surface area contributed by atoms with E-state index in [1.807, 2.05) is 11.7 Å². The zero-order valence-electron chi connectivity index (χ0n) is 11.3. The van der Waals surface area contributed by atoms with Gasteiger partial charge in [0.2, 0.25) is 0 Å². The number of aromatic nitrogens is 2. The zero-order valence-corrected chi connectivity index (χ0v) is 12.1. The summed E-state index contributed by atoms with van der Waals surface area (Å²) in [4.78, 5) is 1.33. The number of aryl methyl sites for hydroxylation is 2. The van der Waals surface area contributed by atoms with Crippen molar-refractivity contribution in [3.63, 3.8) is 0 Å². The van der Waals surface area contributed by atoms with Gasteiger partial charge in [0.05, 0.1) is 17.9 Å². The number of nitrogen functional groups attached to an aromatic ring is 1. The molecule has 4 nitrogen and oxygen atoms in total. The van der Waals surface area contributed by atoms with Gasteiger partial charge in [0.1, 0.15) is 5.82 Å². The molecule has 0 unspecified atom stereocenters. The van der Waals surface area contributed by atoms with Gasteiger partial charge >= 0.3 is 0 Å². The molecule has 0 atom stereocenters. The Labute approximate surface area is 112 Å². The first-order valence-corrected chi connectivity index (χ1v) is 6.98. The molecule has 0 bridgehead atoms. The largest absolute Gasteiger partial charge is 0.394 e. The monoisotopic (exact) mass is 264 g/mol. The summed E-state index contributed by atoms with van der Waals surface area (Å²) in [6, 6.07) is 2.13. The lowest BCUT2D eigenvalue weighted by Gasteiger charge is -2.07. The molecule has 0 saturated carbocycles. The molecular formula is C13H20N4S. The molecule has 0 amide bonds. The van der Waals surface area contributed by atoms with Gasteiger partial charge in [-0.1, -0.05) is 13.8 Å². The molecule has 0 radical (unpaired) electrons. The first kappa shape index (κ1) is 13.0. The average molecular weight is 264 g/mol. The lowest BCUT2D eigenvalue weighted by molar-refractivity contribution is 0.715. The smallest absolute Gasteiger partial charge is 0.148 e. The average Bonchev–Trinajstić information content (AvgIpc) is 2.82. The Kier molecular flexibility index (Phi) is 3.61. The Morgan fingerprint density at radius 1 is 1.50 bits per heavy atom. The maximum absolute atomic E-state index is 6.14. The van der Waals surface area contributed by atoms with E-state index in [1.165, 1.54) is 10.4 Å². The second-order valence-electron chi connectivity index (χ2n) is 4.81. The standard InChI is InChI=1S/C13H20N4S/c1-8(2)12-11(14)13(17(4)16-12)15-7-10-9(3)5-6-18-10/h5-6,8,15H,7,14H2,1-4H3. The highest BCUT2D eigenvalue weighted by Crippen LogP contribution is 2.28. The topological polar surface area (TPSA) is 55.9 Å². The SMILES string of the molecule is Cc1ccsc1CNc1c(N)c(C(C)C)nn1C. The number of thiophene rings is 1. The minimum absolute atomic E-state index is 0.343. The molecule has 5 heteroatoms. The van der Waals surface area contributed by atoms with E-state index in [0.29, 0.717) is 5.92 Å². The van der Waals surface area contributed by atoms with Gasteiger partial charge < -0.3 is 11.1 Å². The first-order valence-electron chi connectivity index (χ1n) is 6.10. The molecular weight excluding hydrogens is 244 g/mol. The fourth-order valence-corrected chi connectivity index (χ4v) is 2.79. The number of hydrogen-bond donors (Lipinski definition) is 2. The number of anilines is 2. The van der Waals surface area contributed by atoms with E-state index in [2.05, 4.69) is 42.6 Å². The second-order valence-corrected chi connectivity index (χ2v) is 5.81. The van der Waals surface area contributed by atoms with Crippen LogP contribution >= 0.6 is 11.3 Å². The normalized spacial score (nSPS) is 11.2. The molecule has 18 heavy (non-hydrogen) atoms. The third-order valence-corrected chi connectivity index (χ3v) is 4.07. The maximum Gasteiger partial charge on any atom is 0.148 e. The highest BCUT2D eigenvalue weighted by atomic mass is 32.1. The number of nitrogens with one attached hydrogen (secondary N) is 1. The number of rotatable bonds is 4. The molecule has 0 aromatic carbocycles. The molecule has 3 N–H and O–H groups in total. The minimum atomic E-state index is 0.343. The van der Waals surface area contributed by atoms with Crippen LogP contribution in [-0.2, 0) is 13.6 Å². The highest BCUT2D eigenvalue weighted by Gasteiger charge is 2.15. The van der Waals surface area contributed by atoms with Crippen molar-refractivity contribution in [3.8, 4) is 0 Å². The lowest BCUT2D eigenvalue weighted by Crippen LogP contribution is -2.06. The molecule has 0 spiro atoms. The molecule has 2 rings (SSSR count). The van der Waals surface area contributed by atoms with Crippen LogP contribution in [0.4, 0.5) is 11.5 Å². The van der Waals surface area contributed by atoms with E-state index >= 15 is 0 Å². The third-order valence-electron chi connectivity index (χ3n) is 3.04. The summed E-state index contributed by atoms with van der Waals surface area (Å²) in [7, 11) is 1.92. The van der Waals surface area contributed by atoms with Crippen LogP contribution in [0.15, 0.2) is 11.4 Å². The fraction of sp³-hybridized carbons (Fsp3) is 0.462. The summed E-state index contributed by atoms with van der Waals surface area (Å²) >= 11 is 1.76. The van der Waals surface area contributed by atoms with Gasteiger partial charge in [-0.2, -0.15) is 5.10 Å². The van der Waals surface area contributed by atoms with Gasteiger partial charge in [-0.15, -0.1) is 11.3 Å². The summed E-state index contributed by atoms with van der Waals surface area (Å²) in [6.45, 7) is 7.13. The van der Waals surface area contributed by atoms with Crippen molar-refractivity contribution < 1.29 is 0 Å². The molecule has 0 saturated heterocycles. The van der Waals surface area contributed by atoms with Gasteiger partial charge in [0.25, 0.3) is 0 Å². The van der Waals surface area contributed by atoms with Crippen LogP contribution in [0.2, 0.25) is 0 Å². The predicted octanol–water partition coefficient (Wildman–Crippen LogP) is 3.11. The van der Waals surface area contributed by atoms with Gasteiger partial charge in [-0.3, -0.25) is 4.68 Å². The van der Waals surface area contributed by atoms with Crippen LogP contribution in [0, 0.1) is 6.92 Å². The Balaban J connectivity index is 2.17. The Bertz CT molecular complexity index is 539. The maximum atomic E-state index is 6.14. The molecule has 2 aromatic heterocycles. The van der Waals surface area contributed by atoms with E-state index in [9.17, 15) is 0 Å². The van der Waals surface area contributed by atoms with Crippen molar-refractivity contribution in [2.75, 3.05) is 11.1 Å². The second kappa shape index (κ2) is 5.02. The van der Waals surface area contributed by atoms with Gasteiger partial charge in [-0.25, -0.2) is 0 Å². The summed E-state index contributed by atoms with van der Waals surface area (Å²) in [6.07, 6.45) is 0. The van der Waals surface area contributed by atoms with Gasteiger partial charge in [0, 0.05) is 11.9 Å². The molecule has 0 aliphatic heterocycles. The van der Waals surface area contributed by atoms with Gasteiger partial charge in [0.15, 0.2) is 0 Å². The zero-order chi connectivity index (χ0) is 13.3. The van der Waals surface area contributed by atoms with E-state index in [0.717, 1.165) is 23.7 Å². The Hall–Kier alpha value is -1.49. The minimum Gasteiger partial charge on any atom is -0.394 e. The number of hydrogen-bond acceptors (Lipinski definition) is 4. The van der Waals surface area contributed by atoms with Crippen molar-refractivity contribution in [1.82, 2.24) is 9.78 Å². The van der Waals surface area contributed by atoms with Gasteiger partial charge in [-0.05, 0) is 29.9 Å². The summed E-state index contributed by atoms with van der Waals surface area (Å²) in [5.74, 6) is 1.25. The summed E-state index contributed by atoms with van der Waals surface area (Å²) < 4.78 is 1.83. The quantitative estimate of drug-likeness (QED) is 0.892. The third kappa shape index (κ3) is 2.36. The molecule has 0 aliphatic rings. The molecule has 98 valence electrons. The predicted molar refractivity (Wildman–Crippen MR) is 78.1 cm³/mol. The molecule has 0 aliphatic carbocycles. The highest BCUT2D eigenvalue weighted by molar-refractivity contribution is 7.10. The molecule has 0 fully saturated rings. The molecule has 2 heterocycles. The number of nitrogens with zero attached hydrogens (tertiary/aromatic N) is 2. The number of nitrogens with two attached hydrogens (primary N) is 1. The van der Waals surface area contributed by atoms with E-state index in [1.54, 1.807) is 11.3 Å². The van der Waals surface area contributed by atoms with Crippen LogP contribution in [0.25, 0.3) is 0 Å². The van der Waals surface area contributed by atoms with Crippen molar-refractivity contribution in [2.24, 2.45) is 7.05 Å².